The van der Waals surface area contributed by atoms with Crippen LogP contribution in [0.15, 0.2) is 48.5 Å². The Hall–Kier alpha value is -2.62. The Morgan fingerprint density at radius 1 is 1.12 bits per heavy atom. The summed E-state index contributed by atoms with van der Waals surface area (Å²) in [6.07, 6.45) is 1.30. The third-order valence-corrected chi connectivity index (χ3v) is 4.23. The maximum Gasteiger partial charge on any atom is 0.220 e. The molecular formula is C20H23N3O. The first kappa shape index (κ1) is 16.2. The standard InChI is InChI=1S/C20H23N3O/c1-15-6-5-7-17(14-15)10-11-20(24)21-12-13-23-16(2)22-18-8-3-4-9-19(18)23/h3-9,14H,10-13H2,1-2H3,(H,21,24). The molecule has 0 atom stereocenters. The molecule has 1 N–H and O–H groups in total. The lowest BCUT2D eigenvalue weighted by atomic mass is 10.1. The van der Waals surface area contributed by atoms with E-state index in [4.69, 9.17) is 0 Å². The second kappa shape index (κ2) is 7.30. The zero-order valence-corrected chi connectivity index (χ0v) is 14.2. The molecule has 0 radical (unpaired) electrons. The number of carbonyl (C=O) groups excluding carboxylic acids is 1. The Morgan fingerprint density at radius 3 is 2.79 bits per heavy atom. The van der Waals surface area contributed by atoms with Crippen LogP contribution in [0, 0.1) is 13.8 Å². The molecule has 1 aromatic heterocycles. The van der Waals surface area contributed by atoms with Crippen LogP contribution in [0.1, 0.15) is 23.4 Å². The van der Waals surface area contributed by atoms with E-state index in [0.717, 1.165) is 29.8 Å². The largest absolute Gasteiger partial charge is 0.354 e. The average molecular weight is 321 g/mol. The number of nitrogens with one attached hydrogen (secondary N) is 1. The first-order valence-corrected chi connectivity index (χ1v) is 8.37. The van der Waals surface area contributed by atoms with Gasteiger partial charge in [-0.2, -0.15) is 0 Å². The molecule has 3 rings (SSSR count). The second-order valence-corrected chi connectivity index (χ2v) is 6.14. The summed E-state index contributed by atoms with van der Waals surface area (Å²) in [4.78, 5) is 16.6. The zero-order valence-electron chi connectivity index (χ0n) is 14.2. The van der Waals surface area contributed by atoms with Crippen LogP contribution in [0.4, 0.5) is 0 Å². The third-order valence-electron chi connectivity index (χ3n) is 4.23. The number of aromatic nitrogens is 2. The second-order valence-electron chi connectivity index (χ2n) is 6.14. The lowest BCUT2D eigenvalue weighted by Gasteiger charge is -2.09. The van der Waals surface area contributed by atoms with Gasteiger partial charge < -0.3 is 9.88 Å². The summed E-state index contributed by atoms with van der Waals surface area (Å²) in [7, 11) is 0. The molecule has 24 heavy (non-hydrogen) atoms. The maximum atomic E-state index is 12.0. The molecule has 124 valence electrons. The first-order chi connectivity index (χ1) is 11.6. The van der Waals surface area contributed by atoms with E-state index >= 15 is 0 Å². The van der Waals surface area contributed by atoms with Crippen molar-refractivity contribution in [1.82, 2.24) is 14.9 Å². The smallest absolute Gasteiger partial charge is 0.220 e. The summed E-state index contributed by atoms with van der Waals surface area (Å²) in [5.74, 6) is 1.07. The van der Waals surface area contributed by atoms with Crippen molar-refractivity contribution in [2.75, 3.05) is 6.54 Å². The van der Waals surface area contributed by atoms with E-state index in [1.54, 1.807) is 0 Å². The summed E-state index contributed by atoms with van der Waals surface area (Å²) < 4.78 is 2.15. The average Bonchev–Trinajstić information content (AvgIpc) is 2.89. The summed E-state index contributed by atoms with van der Waals surface area (Å²) in [5.41, 5.74) is 4.56. The minimum atomic E-state index is 0.0959. The number of hydrogen-bond acceptors (Lipinski definition) is 2. The molecule has 0 fully saturated rings. The molecule has 0 aliphatic carbocycles. The molecule has 4 nitrogen and oxygen atoms in total. The fourth-order valence-corrected chi connectivity index (χ4v) is 3.00. The van der Waals surface area contributed by atoms with Crippen LogP contribution in [0.2, 0.25) is 0 Å². The minimum Gasteiger partial charge on any atom is -0.354 e. The Morgan fingerprint density at radius 2 is 1.96 bits per heavy atom. The van der Waals surface area contributed by atoms with Crippen LogP contribution in [-0.2, 0) is 17.8 Å². The number of rotatable bonds is 6. The Balaban J connectivity index is 1.50. The topological polar surface area (TPSA) is 46.9 Å². The highest BCUT2D eigenvalue weighted by molar-refractivity contribution is 5.77. The van der Waals surface area contributed by atoms with Gasteiger partial charge in [0.15, 0.2) is 0 Å². The number of amides is 1. The molecule has 0 bridgehead atoms. The number of nitrogens with zero attached hydrogens (tertiary/aromatic N) is 2. The molecule has 1 heterocycles. The van der Waals surface area contributed by atoms with E-state index in [2.05, 4.69) is 46.1 Å². The number of benzene rings is 2. The predicted molar refractivity (Wildman–Crippen MR) is 97.0 cm³/mol. The lowest BCUT2D eigenvalue weighted by molar-refractivity contribution is -0.121. The lowest BCUT2D eigenvalue weighted by Crippen LogP contribution is -2.27. The highest BCUT2D eigenvalue weighted by atomic mass is 16.1. The van der Waals surface area contributed by atoms with Crippen LogP contribution in [-0.4, -0.2) is 22.0 Å². The van der Waals surface area contributed by atoms with Gasteiger partial charge in [-0.25, -0.2) is 4.98 Å². The highest BCUT2D eigenvalue weighted by Gasteiger charge is 2.07. The molecule has 0 aliphatic heterocycles. The van der Waals surface area contributed by atoms with E-state index in [9.17, 15) is 4.79 Å². The first-order valence-electron chi connectivity index (χ1n) is 8.37. The van der Waals surface area contributed by atoms with Crippen molar-refractivity contribution in [3.8, 4) is 0 Å². The molecule has 4 heteroatoms. The van der Waals surface area contributed by atoms with Crippen LogP contribution in [0.3, 0.4) is 0 Å². The molecule has 0 saturated carbocycles. The fourth-order valence-electron chi connectivity index (χ4n) is 3.00. The van der Waals surface area contributed by atoms with Crippen LogP contribution in [0.5, 0.6) is 0 Å². The number of fused-ring (bicyclic) bond motifs is 1. The van der Waals surface area contributed by atoms with Gasteiger partial charge in [0.25, 0.3) is 0 Å². The van der Waals surface area contributed by atoms with Crippen molar-refractivity contribution in [3.63, 3.8) is 0 Å². The summed E-state index contributed by atoms with van der Waals surface area (Å²) in [6.45, 7) is 5.43. The van der Waals surface area contributed by atoms with Crippen LogP contribution in [0.25, 0.3) is 11.0 Å². The fraction of sp³-hybridized carbons (Fsp3) is 0.300. The normalized spacial score (nSPS) is 10.9. The molecule has 0 unspecified atom stereocenters. The van der Waals surface area contributed by atoms with Crippen molar-refractivity contribution < 1.29 is 4.79 Å². The monoisotopic (exact) mass is 321 g/mol. The van der Waals surface area contributed by atoms with Crippen molar-refractivity contribution in [3.05, 3.63) is 65.5 Å². The molecule has 1 amide bonds. The predicted octanol–water partition coefficient (Wildman–Crippen LogP) is 3.40. The highest BCUT2D eigenvalue weighted by Crippen LogP contribution is 2.14. The van der Waals surface area contributed by atoms with Gasteiger partial charge in [0, 0.05) is 19.5 Å². The Kier molecular flexibility index (Phi) is 4.94. The van der Waals surface area contributed by atoms with E-state index in [0.29, 0.717) is 13.0 Å². The van der Waals surface area contributed by atoms with Crippen molar-refractivity contribution in [2.24, 2.45) is 0 Å². The number of para-hydroxylation sites is 2. The zero-order chi connectivity index (χ0) is 16.9. The molecule has 0 saturated heterocycles. The molecule has 0 spiro atoms. The van der Waals surface area contributed by atoms with Crippen LogP contribution < -0.4 is 5.32 Å². The van der Waals surface area contributed by atoms with Gasteiger partial charge >= 0.3 is 0 Å². The molecule has 2 aromatic carbocycles. The van der Waals surface area contributed by atoms with Gasteiger partial charge in [0.1, 0.15) is 5.82 Å². The van der Waals surface area contributed by atoms with E-state index in [-0.39, 0.29) is 5.91 Å². The molecule has 3 aromatic rings. The van der Waals surface area contributed by atoms with E-state index in [1.165, 1.54) is 11.1 Å². The van der Waals surface area contributed by atoms with Gasteiger partial charge in [-0.1, -0.05) is 42.0 Å². The van der Waals surface area contributed by atoms with Crippen molar-refractivity contribution in [1.29, 1.82) is 0 Å². The number of imidazole rings is 1. The Labute approximate surface area is 142 Å². The molecule has 0 aliphatic rings. The van der Waals surface area contributed by atoms with E-state index < -0.39 is 0 Å². The Bertz CT molecular complexity index is 851. The van der Waals surface area contributed by atoms with Crippen molar-refractivity contribution >= 4 is 16.9 Å². The number of carbonyl (C=O) groups is 1. The van der Waals surface area contributed by atoms with Gasteiger partial charge in [-0.05, 0) is 38.0 Å². The van der Waals surface area contributed by atoms with Gasteiger partial charge in [-0.15, -0.1) is 0 Å². The SMILES string of the molecule is Cc1cccc(CCC(=O)NCCn2c(C)nc3ccccc32)c1. The summed E-state index contributed by atoms with van der Waals surface area (Å²) in [6, 6.07) is 16.4. The van der Waals surface area contributed by atoms with Gasteiger partial charge in [-0.3, -0.25) is 4.79 Å². The van der Waals surface area contributed by atoms with Gasteiger partial charge in [0.2, 0.25) is 5.91 Å². The molecular weight excluding hydrogens is 298 g/mol. The quantitative estimate of drug-likeness (QED) is 0.756. The van der Waals surface area contributed by atoms with Gasteiger partial charge in [0.05, 0.1) is 11.0 Å². The number of hydrogen-bond donors (Lipinski definition) is 1. The summed E-state index contributed by atoms with van der Waals surface area (Å²) in [5, 5.41) is 3.01. The summed E-state index contributed by atoms with van der Waals surface area (Å²) >= 11 is 0. The third kappa shape index (κ3) is 3.82. The number of aryl methyl sites for hydroxylation is 3. The van der Waals surface area contributed by atoms with E-state index in [1.807, 2.05) is 31.2 Å². The maximum absolute atomic E-state index is 12.0. The van der Waals surface area contributed by atoms with Crippen LogP contribution >= 0.6 is 0 Å². The van der Waals surface area contributed by atoms with Crippen molar-refractivity contribution in [2.45, 2.75) is 33.2 Å². The minimum absolute atomic E-state index is 0.0959.